The molecule has 172 valence electrons. The predicted octanol–water partition coefficient (Wildman–Crippen LogP) is 2.55. The number of amides is 3. The lowest BCUT2D eigenvalue weighted by Gasteiger charge is -2.45. The molecule has 1 aromatic rings. The molecule has 0 bridgehead atoms. The lowest BCUT2D eigenvalue weighted by atomic mass is 9.86. The van der Waals surface area contributed by atoms with Crippen molar-refractivity contribution in [1.29, 1.82) is 0 Å². The summed E-state index contributed by atoms with van der Waals surface area (Å²) in [5, 5.41) is 13.3. The van der Waals surface area contributed by atoms with Gasteiger partial charge in [0, 0.05) is 29.9 Å². The molecular weight excluding hydrogens is 422 g/mol. The van der Waals surface area contributed by atoms with E-state index < -0.39 is 0 Å². The number of nitrogens with zero attached hydrogens (tertiary/aromatic N) is 1. The van der Waals surface area contributed by atoms with Gasteiger partial charge in [0.05, 0.1) is 16.3 Å². The van der Waals surface area contributed by atoms with E-state index in [9.17, 15) is 9.59 Å². The largest absolute Gasteiger partial charge is 0.348 e. The number of carbonyl (C=O) groups excluding carboxylic acids is 2. The molecule has 0 aliphatic carbocycles. The van der Waals surface area contributed by atoms with Gasteiger partial charge in [0.2, 0.25) is 0 Å². The first-order valence-corrected chi connectivity index (χ1v) is 12.7. The zero-order valence-corrected chi connectivity index (χ0v) is 19.6. The summed E-state index contributed by atoms with van der Waals surface area (Å²) in [6.45, 7) is 7.08. The first kappa shape index (κ1) is 21.8. The molecule has 4 aliphatic rings. The van der Waals surface area contributed by atoms with Gasteiger partial charge in [0.1, 0.15) is 0 Å². The number of thioether (sulfide) groups is 1. The third kappa shape index (κ3) is 4.16. The summed E-state index contributed by atoms with van der Waals surface area (Å²) in [5.41, 5.74) is 3.02. The van der Waals surface area contributed by atoms with E-state index in [0.29, 0.717) is 10.8 Å². The lowest BCUT2D eigenvalue weighted by molar-refractivity contribution is -0.117. The highest BCUT2D eigenvalue weighted by Crippen LogP contribution is 2.47. The first-order valence-electron chi connectivity index (χ1n) is 11.9. The molecule has 0 radical (unpaired) electrons. The van der Waals surface area contributed by atoms with Crippen molar-refractivity contribution in [3.8, 4) is 0 Å². The van der Waals surface area contributed by atoms with Crippen LogP contribution >= 0.6 is 11.8 Å². The van der Waals surface area contributed by atoms with Gasteiger partial charge in [0.25, 0.3) is 5.91 Å². The van der Waals surface area contributed by atoms with Gasteiger partial charge in [-0.3, -0.25) is 9.69 Å². The average Bonchev–Trinajstić information content (AvgIpc) is 3.15. The van der Waals surface area contributed by atoms with Gasteiger partial charge in [0.15, 0.2) is 0 Å². The highest BCUT2D eigenvalue weighted by molar-refractivity contribution is 8.04. The monoisotopic (exact) mass is 455 g/mol. The zero-order valence-electron chi connectivity index (χ0n) is 18.8. The second kappa shape index (κ2) is 9.08. The molecule has 1 aromatic carbocycles. The Morgan fingerprint density at radius 3 is 2.75 bits per heavy atom. The zero-order chi connectivity index (χ0) is 22.2. The van der Waals surface area contributed by atoms with Crippen molar-refractivity contribution in [1.82, 2.24) is 21.3 Å². The summed E-state index contributed by atoms with van der Waals surface area (Å²) in [5.74, 6) is 0.633. The Hall–Kier alpha value is -2.03. The van der Waals surface area contributed by atoms with Crippen LogP contribution in [0.3, 0.4) is 0 Å². The third-order valence-corrected chi connectivity index (χ3v) is 8.19. The molecule has 3 saturated heterocycles. The van der Waals surface area contributed by atoms with Gasteiger partial charge in [-0.2, -0.15) is 0 Å². The van der Waals surface area contributed by atoms with E-state index in [1.165, 1.54) is 5.56 Å². The fourth-order valence-electron chi connectivity index (χ4n) is 5.41. The molecule has 0 spiro atoms. The topological polar surface area (TPSA) is 85.5 Å². The van der Waals surface area contributed by atoms with Gasteiger partial charge in [-0.05, 0) is 62.4 Å². The van der Waals surface area contributed by atoms with Crippen molar-refractivity contribution >= 4 is 29.4 Å². The summed E-state index contributed by atoms with van der Waals surface area (Å²) in [6.07, 6.45) is 3.96. The van der Waals surface area contributed by atoms with Crippen molar-refractivity contribution in [2.75, 3.05) is 24.5 Å². The second-order valence-corrected chi connectivity index (χ2v) is 10.9. The number of rotatable bonds is 5. The van der Waals surface area contributed by atoms with Crippen molar-refractivity contribution in [2.24, 2.45) is 11.8 Å². The van der Waals surface area contributed by atoms with Gasteiger partial charge >= 0.3 is 6.03 Å². The van der Waals surface area contributed by atoms with Crippen molar-refractivity contribution in [3.63, 3.8) is 0 Å². The van der Waals surface area contributed by atoms with E-state index in [1.54, 1.807) is 11.8 Å². The van der Waals surface area contributed by atoms with Gasteiger partial charge in [-0.1, -0.05) is 37.7 Å². The van der Waals surface area contributed by atoms with Gasteiger partial charge < -0.3 is 21.3 Å². The van der Waals surface area contributed by atoms with Crippen LogP contribution in [0.4, 0.5) is 10.5 Å². The van der Waals surface area contributed by atoms with E-state index in [2.05, 4.69) is 59.4 Å². The van der Waals surface area contributed by atoms with Crippen LogP contribution in [-0.2, 0) is 11.2 Å². The maximum absolute atomic E-state index is 13.3. The molecule has 0 saturated carbocycles. The Morgan fingerprint density at radius 1 is 1.22 bits per heavy atom. The number of hydrogen-bond acceptors (Lipinski definition) is 5. The van der Waals surface area contributed by atoms with Gasteiger partial charge in [-0.15, -0.1) is 0 Å². The van der Waals surface area contributed by atoms with Crippen LogP contribution in [0.15, 0.2) is 34.9 Å². The van der Waals surface area contributed by atoms with Crippen LogP contribution in [-0.4, -0.2) is 49.0 Å². The molecular formula is C24H33N5O2S. The minimum Gasteiger partial charge on any atom is -0.348 e. The van der Waals surface area contributed by atoms with Crippen LogP contribution in [0.2, 0.25) is 0 Å². The molecule has 3 unspecified atom stereocenters. The number of urea groups is 1. The Balaban J connectivity index is 1.38. The third-order valence-electron chi connectivity index (χ3n) is 6.84. The van der Waals surface area contributed by atoms with E-state index in [-0.39, 0.29) is 35.3 Å². The van der Waals surface area contributed by atoms with Crippen molar-refractivity contribution in [2.45, 2.75) is 57.0 Å². The molecule has 3 amide bonds. The Labute approximate surface area is 194 Å². The number of benzene rings is 1. The van der Waals surface area contributed by atoms with E-state index in [4.69, 9.17) is 0 Å². The summed E-state index contributed by atoms with van der Waals surface area (Å²) in [6, 6.07) is 8.46. The SMILES string of the molecule is CC(C)Cc1ccc(N2C(=O)NC3=C(C(=O)N[C@@H]4CCCNC4)SC4NCCC2C34)cc1. The van der Waals surface area contributed by atoms with Crippen LogP contribution in [0.5, 0.6) is 0 Å². The Morgan fingerprint density at radius 2 is 2.03 bits per heavy atom. The molecule has 7 nitrogen and oxygen atoms in total. The predicted molar refractivity (Wildman–Crippen MR) is 128 cm³/mol. The van der Waals surface area contributed by atoms with Crippen LogP contribution in [0.25, 0.3) is 0 Å². The van der Waals surface area contributed by atoms with Crippen molar-refractivity contribution < 1.29 is 9.59 Å². The maximum atomic E-state index is 13.3. The molecule has 8 heteroatoms. The Kier molecular flexibility index (Phi) is 6.18. The van der Waals surface area contributed by atoms with Crippen molar-refractivity contribution in [3.05, 3.63) is 40.4 Å². The standard InChI is InChI=1S/C24H33N5O2S/c1-14(2)12-15-5-7-17(8-6-15)29-18-9-11-26-23-19(18)20(28-24(29)31)21(32-23)22(30)27-16-4-3-10-25-13-16/h5-8,14,16,18-19,23,25-26H,3-4,9-13H2,1-2H3,(H,27,30)(H,28,31)/t16-,18?,19?,23?/m1/s1. The molecule has 4 heterocycles. The first-order chi connectivity index (χ1) is 15.5. The maximum Gasteiger partial charge on any atom is 0.326 e. The molecule has 4 N–H and O–H groups in total. The molecule has 3 fully saturated rings. The highest BCUT2D eigenvalue weighted by Gasteiger charge is 2.51. The number of hydrogen-bond donors (Lipinski definition) is 4. The number of carbonyl (C=O) groups is 2. The second-order valence-electron chi connectivity index (χ2n) is 9.70. The van der Waals surface area contributed by atoms with Crippen LogP contribution < -0.4 is 26.2 Å². The molecule has 4 aliphatic heterocycles. The molecule has 5 rings (SSSR count). The Bertz CT molecular complexity index is 909. The normalized spacial score (nSPS) is 29.7. The highest BCUT2D eigenvalue weighted by atomic mass is 32.2. The molecule has 0 aromatic heterocycles. The summed E-state index contributed by atoms with van der Waals surface area (Å²) < 4.78 is 0. The quantitative estimate of drug-likeness (QED) is 0.548. The minimum atomic E-state index is -0.134. The fraction of sp³-hybridized carbons (Fsp3) is 0.583. The van der Waals surface area contributed by atoms with Crippen LogP contribution in [0, 0.1) is 11.8 Å². The number of piperidine rings is 2. The summed E-state index contributed by atoms with van der Waals surface area (Å²) in [4.78, 5) is 29.0. The van der Waals surface area contributed by atoms with E-state index in [0.717, 1.165) is 56.7 Å². The number of nitrogens with one attached hydrogen (secondary N) is 4. The molecule has 4 atom stereocenters. The number of anilines is 1. The summed E-state index contributed by atoms with van der Waals surface area (Å²) in [7, 11) is 0. The lowest BCUT2D eigenvalue weighted by Crippen LogP contribution is -2.62. The summed E-state index contributed by atoms with van der Waals surface area (Å²) >= 11 is 1.57. The van der Waals surface area contributed by atoms with Gasteiger partial charge in [-0.25, -0.2) is 4.79 Å². The van der Waals surface area contributed by atoms with Crippen LogP contribution in [0.1, 0.15) is 38.7 Å². The average molecular weight is 456 g/mol. The molecule has 32 heavy (non-hydrogen) atoms. The fourth-order valence-corrected chi connectivity index (χ4v) is 6.81. The smallest absolute Gasteiger partial charge is 0.326 e. The minimum absolute atomic E-state index is 0.0510. The van der Waals surface area contributed by atoms with E-state index in [1.807, 2.05) is 4.90 Å². The van der Waals surface area contributed by atoms with E-state index >= 15 is 0 Å².